The van der Waals surface area contributed by atoms with Crippen LogP contribution in [0.5, 0.6) is 0 Å². The highest BCUT2D eigenvalue weighted by Gasteiger charge is 2.46. The molecule has 0 spiro atoms. The smallest absolute Gasteiger partial charge is 0.325 e. The number of rotatable bonds is 3. The van der Waals surface area contributed by atoms with Crippen LogP contribution in [0.15, 0.2) is 0 Å². The van der Waals surface area contributed by atoms with Gasteiger partial charge in [-0.3, -0.25) is 19.7 Å². The number of piperidine rings is 1. The van der Waals surface area contributed by atoms with Crippen molar-refractivity contribution in [2.45, 2.75) is 32.2 Å². The molecule has 0 atom stereocenters. The minimum absolute atomic E-state index is 0.178. The fraction of sp³-hybridized carbons (Fsp3) is 0.692. The summed E-state index contributed by atoms with van der Waals surface area (Å²) in [6.45, 7) is 3.70. The Kier molecular flexibility index (Phi) is 3.89. The minimum atomic E-state index is -1.05. The first-order valence-corrected chi connectivity index (χ1v) is 6.87. The molecule has 0 aromatic carbocycles. The minimum Gasteiger partial charge on any atom is -0.481 e. The number of carbonyl (C=O) groups is 4. The van der Waals surface area contributed by atoms with Gasteiger partial charge in [0.05, 0.1) is 5.92 Å². The lowest BCUT2D eigenvalue weighted by atomic mass is 9.97. The molecule has 2 fully saturated rings. The van der Waals surface area contributed by atoms with Gasteiger partial charge in [0.15, 0.2) is 0 Å². The van der Waals surface area contributed by atoms with E-state index >= 15 is 0 Å². The van der Waals surface area contributed by atoms with Crippen LogP contribution in [0.2, 0.25) is 0 Å². The zero-order chi connectivity index (χ0) is 15.8. The van der Waals surface area contributed by atoms with Crippen molar-refractivity contribution < 1.29 is 24.3 Å². The van der Waals surface area contributed by atoms with Gasteiger partial charge in [0, 0.05) is 13.1 Å². The van der Waals surface area contributed by atoms with E-state index in [1.54, 1.807) is 18.7 Å². The lowest BCUT2D eigenvalue weighted by molar-refractivity contribution is -0.146. The number of nitrogens with one attached hydrogen (secondary N) is 1. The third-order valence-corrected chi connectivity index (χ3v) is 4.19. The van der Waals surface area contributed by atoms with Crippen LogP contribution in [-0.2, 0) is 14.4 Å². The number of nitrogens with zero attached hydrogens (tertiary/aromatic N) is 2. The molecule has 0 aromatic heterocycles. The first-order valence-electron chi connectivity index (χ1n) is 6.87. The molecule has 116 valence electrons. The summed E-state index contributed by atoms with van der Waals surface area (Å²) in [4.78, 5) is 49.2. The van der Waals surface area contributed by atoms with Gasteiger partial charge in [-0.1, -0.05) is 0 Å². The molecule has 0 radical (unpaired) electrons. The number of carboxylic acid groups (broad SMARTS) is 1. The second-order valence-electron chi connectivity index (χ2n) is 5.90. The Labute approximate surface area is 122 Å². The average Bonchev–Trinajstić information content (AvgIpc) is 2.61. The lowest BCUT2D eigenvalue weighted by Crippen LogP contribution is -2.51. The third kappa shape index (κ3) is 2.84. The van der Waals surface area contributed by atoms with Crippen LogP contribution in [0, 0.1) is 5.92 Å². The Hall–Kier alpha value is -2.12. The molecule has 0 aromatic rings. The molecule has 0 aliphatic carbocycles. The lowest BCUT2D eigenvalue weighted by Gasteiger charge is -2.33. The summed E-state index contributed by atoms with van der Waals surface area (Å²) in [6, 6.07) is -0.571. The maximum atomic E-state index is 12.2. The molecule has 2 aliphatic rings. The quantitative estimate of drug-likeness (QED) is 0.692. The molecule has 0 saturated carbocycles. The fourth-order valence-corrected chi connectivity index (χ4v) is 2.57. The number of carboxylic acids is 1. The van der Waals surface area contributed by atoms with E-state index < -0.39 is 29.4 Å². The van der Waals surface area contributed by atoms with E-state index in [9.17, 15) is 19.2 Å². The molecule has 2 rings (SSSR count). The van der Waals surface area contributed by atoms with Crippen LogP contribution < -0.4 is 5.32 Å². The average molecular weight is 297 g/mol. The molecule has 4 amide bonds. The first kappa shape index (κ1) is 15.3. The van der Waals surface area contributed by atoms with Crippen molar-refractivity contribution in [3.8, 4) is 0 Å². The Morgan fingerprint density at radius 2 is 1.86 bits per heavy atom. The summed E-state index contributed by atoms with van der Waals surface area (Å²) in [5.74, 6) is -1.95. The van der Waals surface area contributed by atoms with Crippen LogP contribution in [0.1, 0.15) is 26.7 Å². The molecule has 2 saturated heterocycles. The maximum Gasteiger partial charge on any atom is 0.325 e. The predicted molar refractivity (Wildman–Crippen MR) is 71.3 cm³/mol. The second kappa shape index (κ2) is 5.34. The van der Waals surface area contributed by atoms with Crippen molar-refractivity contribution >= 4 is 23.8 Å². The molecule has 21 heavy (non-hydrogen) atoms. The molecule has 2 aliphatic heterocycles. The predicted octanol–water partition coefficient (Wildman–Crippen LogP) is -0.360. The van der Waals surface area contributed by atoms with Gasteiger partial charge >= 0.3 is 12.0 Å². The van der Waals surface area contributed by atoms with E-state index in [1.165, 1.54) is 4.90 Å². The van der Waals surface area contributed by atoms with E-state index in [0.717, 1.165) is 0 Å². The van der Waals surface area contributed by atoms with Crippen LogP contribution in [-0.4, -0.2) is 63.9 Å². The van der Waals surface area contributed by atoms with Gasteiger partial charge in [0.2, 0.25) is 5.91 Å². The summed E-state index contributed by atoms with van der Waals surface area (Å²) in [7, 11) is 0. The number of urea groups is 1. The SMILES string of the molecule is CC1(C)C(=O)NC(=O)N1CC(=O)N1CCC(C(=O)O)CC1. The Morgan fingerprint density at radius 1 is 1.29 bits per heavy atom. The van der Waals surface area contributed by atoms with Gasteiger partial charge in [-0.25, -0.2) is 4.79 Å². The van der Waals surface area contributed by atoms with E-state index in [2.05, 4.69) is 5.32 Å². The standard InChI is InChI=1S/C13H19N3O5/c1-13(2)11(20)14-12(21)16(13)7-9(17)15-5-3-8(4-6-15)10(18)19/h8H,3-7H2,1-2H3,(H,18,19)(H,14,20,21). The number of carbonyl (C=O) groups excluding carboxylic acids is 3. The maximum absolute atomic E-state index is 12.2. The topological polar surface area (TPSA) is 107 Å². The van der Waals surface area contributed by atoms with Gasteiger partial charge in [0.25, 0.3) is 5.91 Å². The molecule has 0 unspecified atom stereocenters. The summed E-state index contributed by atoms with van der Waals surface area (Å²) in [5.41, 5.74) is -1.05. The van der Waals surface area contributed by atoms with E-state index in [0.29, 0.717) is 25.9 Å². The van der Waals surface area contributed by atoms with Gasteiger partial charge in [-0.15, -0.1) is 0 Å². The molecule has 8 nitrogen and oxygen atoms in total. The largest absolute Gasteiger partial charge is 0.481 e. The molecule has 2 N–H and O–H groups in total. The van der Waals surface area contributed by atoms with Crippen LogP contribution >= 0.6 is 0 Å². The highest BCUT2D eigenvalue weighted by atomic mass is 16.4. The van der Waals surface area contributed by atoms with E-state index in [4.69, 9.17) is 5.11 Å². The van der Waals surface area contributed by atoms with Crippen molar-refractivity contribution in [2.75, 3.05) is 19.6 Å². The first-order chi connectivity index (χ1) is 9.73. The highest BCUT2D eigenvalue weighted by molar-refractivity contribution is 6.07. The molecular weight excluding hydrogens is 278 g/mol. The van der Waals surface area contributed by atoms with Crippen LogP contribution in [0.25, 0.3) is 0 Å². The molecular formula is C13H19N3O5. The highest BCUT2D eigenvalue weighted by Crippen LogP contribution is 2.22. The number of hydrogen-bond acceptors (Lipinski definition) is 4. The summed E-state index contributed by atoms with van der Waals surface area (Å²) < 4.78 is 0. The van der Waals surface area contributed by atoms with Gasteiger partial charge in [0.1, 0.15) is 12.1 Å². The molecule has 2 heterocycles. The normalized spacial score (nSPS) is 22.4. The van der Waals surface area contributed by atoms with Crippen LogP contribution in [0.4, 0.5) is 4.79 Å². The Balaban J connectivity index is 1.95. The monoisotopic (exact) mass is 297 g/mol. The Morgan fingerprint density at radius 3 is 2.29 bits per heavy atom. The Bertz CT molecular complexity index is 494. The van der Waals surface area contributed by atoms with Crippen molar-refractivity contribution in [3.63, 3.8) is 0 Å². The van der Waals surface area contributed by atoms with Crippen molar-refractivity contribution in [1.82, 2.24) is 15.1 Å². The second-order valence-corrected chi connectivity index (χ2v) is 5.90. The number of aliphatic carboxylic acids is 1. The zero-order valence-corrected chi connectivity index (χ0v) is 12.1. The molecule has 8 heteroatoms. The van der Waals surface area contributed by atoms with E-state index in [-0.39, 0.29) is 12.5 Å². The van der Waals surface area contributed by atoms with E-state index in [1.807, 2.05) is 0 Å². The number of hydrogen-bond donors (Lipinski definition) is 2. The summed E-state index contributed by atoms with van der Waals surface area (Å²) in [6.07, 6.45) is 0.825. The number of likely N-dealkylation sites (tertiary alicyclic amines) is 1. The molecule has 0 bridgehead atoms. The zero-order valence-electron chi connectivity index (χ0n) is 12.1. The van der Waals surface area contributed by atoms with Gasteiger partial charge in [-0.05, 0) is 26.7 Å². The summed E-state index contributed by atoms with van der Waals surface area (Å²) >= 11 is 0. The van der Waals surface area contributed by atoms with Gasteiger partial charge < -0.3 is 14.9 Å². The fourth-order valence-electron chi connectivity index (χ4n) is 2.57. The third-order valence-electron chi connectivity index (χ3n) is 4.19. The van der Waals surface area contributed by atoms with Crippen molar-refractivity contribution in [2.24, 2.45) is 5.92 Å². The number of imide groups is 1. The number of amides is 4. The summed E-state index contributed by atoms with van der Waals surface area (Å²) in [5, 5.41) is 11.1. The van der Waals surface area contributed by atoms with Crippen molar-refractivity contribution in [3.05, 3.63) is 0 Å². The van der Waals surface area contributed by atoms with Crippen molar-refractivity contribution in [1.29, 1.82) is 0 Å². The van der Waals surface area contributed by atoms with Gasteiger partial charge in [-0.2, -0.15) is 0 Å². The van der Waals surface area contributed by atoms with Crippen LogP contribution in [0.3, 0.4) is 0 Å².